The Morgan fingerprint density at radius 3 is 2.68 bits per heavy atom. The average Bonchev–Trinajstić information content (AvgIpc) is 2.98. The van der Waals surface area contributed by atoms with Gasteiger partial charge in [0.2, 0.25) is 5.91 Å². The molecule has 0 spiro atoms. The molecule has 0 aliphatic heterocycles. The number of carbonyl (C=O) groups is 1. The molecule has 0 aromatic heterocycles. The summed E-state index contributed by atoms with van der Waals surface area (Å²) in [6, 6.07) is 8.52. The van der Waals surface area contributed by atoms with Crippen molar-refractivity contribution >= 4 is 18.3 Å². The van der Waals surface area contributed by atoms with Crippen molar-refractivity contribution in [2.24, 2.45) is 5.73 Å². The van der Waals surface area contributed by atoms with E-state index in [0.29, 0.717) is 0 Å². The van der Waals surface area contributed by atoms with E-state index in [-0.39, 0.29) is 24.4 Å². The Balaban J connectivity index is 0.00000133. The highest BCUT2D eigenvalue weighted by atomic mass is 35.5. The smallest absolute Gasteiger partial charge is 0.240 e. The molecule has 1 atom stereocenters. The molecule has 1 unspecified atom stereocenters. The number of carbonyl (C=O) groups excluding carboxylic acids is 1. The fourth-order valence-electron chi connectivity index (χ4n) is 3.24. The molecule has 2 aliphatic carbocycles. The first kappa shape index (κ1) is 14.4. The number of hydrogen-bond donors (Lipinski definition) is 2. The van der Waals surface area contributed by atoms with Crippen molar-refractivity contribution in [3.05, 3.63) is 35.4 Å². The molecule has 0 radical (unpaired) electrons. The highest BCUT2D eigenvalue weighted by molar-refractivity contribution is 5.86. The first-order valence-electron chi connectivity index (χ1n) is 6.87. The van der Waals surface area contributed by atoms with Crippen molar-refractivity contribution in [2.75, 3.05) is 0 Å². The van der Waals surface area contributed by atoms with E-state index in [1.807, 2.05) is 6.07 Å². The Labute approximate surface area is 120 Å². The van der Waals surface area contributed by atoms with Crippen LogP contribution in [-0.2, 0) is 11.2 Å². The summed E-state index contributed by atoms with van der Waals surface area (Å²) in [5, 5.41) is 3.15. The Kier molecular flexibility index (Phi) is 4.16. The minimum atomic E-state index is -0.614. The van der Waals surface area contributed by atoms with Crippen LogP contribution in [-0.4, -0.2) is 11.4 Å². The van der Waals surface area contributed by atoms with Crippen LogP contribution < -0.4 is 11.1 Å². The molecule has 4 heteroatoms. The number of nitrogens with one attached hydrogen (secondary N) is 1. The Morgan fingerprint density at radius 2 is 1.95 bits per heavy atom. The number of benzene rings is 1. The van der Waals surface area contributed by atoms with Crippen LogP contribution in [0.3, 0.4) is 0 Å². The third kappa shape index (κ3) is 2.63. The molecule has 0 bridgehead atoms. The summed E-state index contributed by atoms with van der Waals surface area (Å²) >= 11 is 0. The number of hydrogen-bond acceptors (Lipinski definition) is 2. The van der Waals surface area contributed by atoms with E-state index in [1.54, 1.807) is 0 Å². The maximum Gasteiger partial charge on any atom is 0.240 e. The van der Waals surface area contributed by atoms with Crippen molar-refractivity contribution in [2.45, 2.75) is 50.1 Å². The summed E-state index contributed by atoms with van der Waals surface area (Å²) in [6.07, 6.45) is 5.86. The molecule has 1 aromatic carbocycles. The standard InChI is InChI=1S/C15H20N2O.ClH/c16-15(9-3-4-10-15)14(18)17-13-8-7-11-5-1-2-6-12(11)13;/h1-2,5-6,13H,3-4,7-10,16H2,(H,17,18);1H. The highest BCUT2D eigenvalue weighted by Crippen LogP contribution is 2.33. The predicted molar refractivity (Wildman–Crippen MR) is 78.3 cm³/mol. The van der Waals surface area contributed by atoms with Gasteiger partial charge in [-0.05, 0) is 36.8 Å². The molecule has 1 saturated carbocycles. The van der Waals surface area contributed by atoms with Crippen molar-refractivity contribution in [1.29, 1.82) is 0 Å². The van der Waals surface area contributed by atoms with E-state index in [0.717, 1.165) is 38.5 Å². The van der Waals surface area contributed by atoms with Crippen LogP contribution >= 0.6 is 12.4 Å². The lowest BCUT2D eigenvalue weighted by Gasteiger charge is -2.25. The van der Waals surface area contributed by atoms with E-state index in [4.69, 9.17) is 5.73 Å². The summed E-state index contributed by atoms with van der Waals surface area (Å²) < 4.78 is 0. The van der Waals surface area contributed by atoms with Crippen LogP contribution in [0.4, 0.5) is 0 Å². The number of fused-ring (bicyclic) bond motifs is 1. The Morgan fingerprint density at radius 1 is 1.26 bits per heavy atom. The average molecular weight is 281 g/mol. The van der Waals surface area contributed by atoms with Gasteiger partial charge in [-0.3, -0.25) is 4.79 Å². The van der Waals surface area contributed by atoms with E-state index >= 15 is 0 Å². The van der Waals surface area contributed by atoms with Crippen LogP contribution in [0.15, 0.2) is 24.3 Å². The van der Waals surface area contributed by atoms with Gasteiger partial charge in [0.15, 0.2) is 0 Å². The molecule has 1 aromatic rings. The maximum atomic E-state index is 12.3. The minimum absolute atomic E-state index is 0. The van der Waals surface area contributed by atoms with Gasteiger partial charge >= 0.3 is 0 Å². The van der Waals surface area contributed by atoms with Crippen LogP contribution in [0.25, 0.3) is 0 Å². The van der Waals surface area contributed by atoms with E-state index < -0.39 is 5.54 Å². The summed E-state index contributed by atoms with van der Waals surface area (Å²) in [6.45, 7) is 0. The lowest BCUT2D eigenvalue weighted by atomic mass is 9.97. The number of amides is 1. The zero-order valence-electron chi connectivity index (χ0n) is 11.0. The molecule has 2 aliphatic rings. The molecule has 3 rings (SSSR count). The number of rotatable bonds is 2. The van der Waals surface area contributed by atoms with E-state index in [9.17, 15) is 4.79 Å². The first-order chi connectivity index (χ1) is 8.69. The molecular weight excluding hydrogens is 260 g/mol. The van der Waals surface area contributed by atoms with Gasteiger partial charge in [-0.25, -0.2) is 0 Å². The Bertz CT molecular complexity index is 469. The lowest BCUT2D eigenvalue weighted by Crippen LogP contribution is -2.52. The lowest BCUT2D eigenvalue weighted by molar-refractivity contribution is -0.126. The molecule has 0 heterocycles. The first-order valence-corrected chi connectivity index (χ1v) is 6.87. The third-order valence-corrected chi connectivity index (χ3v) is 4.39. The summed E-state index contributed by atoms with van der Waals surface area (Å²) in [5.74, 6) is 0.0432. The van der Waals surface area contributed by atoms with Crippen LogP contribution in [0, 0.1) is 0 Å². The quantitative estimate of drug-likeness (QED) is 0.874. The van der Waals surface area contributed by atoms with Gasteiger partial charge in [0.1, 0.15) is 0 Å². The molecule has 1 fully saturated rings. The molecule has 19 heavy (non-hydrogen) atoms. The van der Waals surface area contributed by atoms with Crippen molar-refractivity contribution in [3.63, 3.8) is 0 Å². The van der Waals surface area contributed by atoms with E-state index in [2.05, 4.69) is 23.5 Å². The molecule has 1 amide bonds. The van der Waals surface area contributed by atoms with Gasteiger partial charge < -0.3 is 11.1 Å². The topological polar surface area (TPSA) is 55.1 Å². The molecular formula is C15H21ClN2O. The zero-order valence-corrected chi connectivity index (χ0v) is 11.8. The SMILES string of the molecule is Cl.NC1(C(=O)NC2CCc3ccccc32)CCCC1. The largest absolute Gasteiger partial charge is 0.348 e. The number of halogens is 1. The fraction of sp³-hybridized carbons (Fsp3) is 0.533. The molecule has 0 saturated heterocycles. The van der Waals surface area contributed by atoms with E-state index in [1.165, 1.54) is 11.1 Å². The number of nitrogens with two attached hydrogens (primary N) is 1. The molecule has 104 valence electrons. The Hall–Kier alpha value is -1.06. The second-order valence-electron chi connectivity index (χ2n) is 5.63. The number of aryl methyl sites for hydroxylation is 1. The molecule has 3 nitrogen and oxygen atoms in total. The molecule has 3 N–H and O–H groups in total. The predicted octanol–water partition coefficient (Wildman–Crippen LogP) is 2.48. The normalized spacial score (nSPS) is 23.5. The zero-order chi connectivity index (χ0) is 12.6. The third-order valence-electron chi connectivity index (χ3n) is 4.39. The monoisotopic (exact) mass is 280 g/mol. The van der Waals surface area contributed by atoms with Gasteiger partial charge in [-0.1, -0.05) is 37.1 Å². The summed E-state index contributed by atoms with van der Waals surface area (Å²) in [5.41, 5.74) is 8.21. The van der Waals surface area contributed by atoms with Crippen molar-refractivity contribution in [3.8, 4) is 0 Å². The van der Waals surface area contributed by atoms with Gasteiger partial charge in [0.25, 0.3) is 0 Å². The summed E-state index contributed by atoms with van der Waals surface area (Å²) in [7, 11) is 0. The second-order valence-corrected chi connectivity index (χ2v) is 5.63. The van der Waals surface area contributed by atoms with Crippen LogP contribution in [0.5, 0.6) is 0 Å². The van der Waals surface area contributed by atoms with Gasteiger partial charge in [-0.2, -0.15) is 0 Å². The maximum absolute atomic E-state index is 12.3. The van der Waals surface area contributed by atoms with Gasteiger partial charge in [0, 0.05) is 0 Å². The highest BCUT2D eigenvalue weighted by Gasteiger charge is 2.38. The van der Waals surface area contributed by atoms with Crippen molar-refractivity contribution in [1.82, 2.24) is 5.32 Å². The van der Waals surface area contributed by atoms with Crippen molar-refractivity contribution < 1.29 is 4.79 Å². The van der Waals surface area contributed by atoms with Crippen LogP contribution in [0.1, 0.15) is 49.3 Å². The summed E-state index contributed by atoms with van der Waals surface area (Å²) in [4.78, 5) is 12.3. The van der Waals surface area contributed by atoms with Gasteiger partial charge in [-0.15, -0.1) is 12.4 Å². The second kappa shape index (κ2) is 5.51. The fourth-order valence-corrected chi connectivity index (χ4v) is 3.24. The van der Waals surface area contributed by atoms with Gasteiger partial charge in [0.05, 0.1) is 11.6 Å². The van der Waals surface area contributed by atoms with Crippen LogP contribution in [0.2, 0.25) is 0 Å². The minimum Gasteiger partial charge on any atom is -0.348 e.